The Morgan fingerprint density at radius 2 is 1.96 bits per heavy atom. The summed E-state index contributed by atoms with van der Waals surface area (Å²) in [6, 6.07) is 12.0. The number of aromatic nitrogens is 2. The van der Waals surface area contributed by atoms with Gasteiger partial charge in [0.05, 0.1) is 11.3 Å². The van der Waals surface area contributed by atoms with Crippen molar-refractivity contribution >= 4 is 39.2 Å². The Labute approximate surface area is 166 Å². The number of nitrogens with zero attached hydrogens (tertiary/aromatic N) is 3. The molecule has 4 rings (SSSR count). The zero-order valence-electron chi connectivity index (χ0n) is 15.2. The van der Waals surface area contributed by atoms with E-state index in [1.165, 1.54) is 23.1 Å². The molecule has 1 fully saturated rings. The fourth-order valence-corrected chi connectivity index (χ4v) is 5.33. The lowest BCUT2D eigenvalue weighted by molar-refractivity contribution is -0.127. The maximum atomic E-state index is 13.0. The number of fused-ring (bicyclic) bond motifs is 1. The van der Waals surface area contributed by atoms with Crippen LogP contribution >= 0.6 is 23.1 Å². The Kier molecular flexibility index (Phi) is 5.31. The van der Waals surface area contributed by atoms with Crippen LogP contribution in [-0.2, 0) is 11.3 Å². The topological polar surface area (TPSA) is 55.2 Å². The van der Waals surface area contributed by atoms with Crippen LogP contribution in [0.2, 0.25) is 0 Å². The Morgan fingerprint density at radius 3 is 2.67 bits per heavy atom. The first kappa shape index (κ1) is 18.3. The first-order valence-electron chi connectivity index (χ1n) is 9.17. The first-order chi connectivity index (χ1) is 13.2. The van der Waals surface area contributed by atoms with Gasteiger partial charge < -0.3 is 4.90 Å². The average molecular weight is 400 g/mol. The molecule has 0 N–H and O–H groups in total. The summed E-state index contributed by atoms with van der Waals surface area (Å²) in [5.41, 5.74) is 1.77. The molecule has 1 saturated heterocycles. The summed E-state index contributed by atoms with van der Waals surface area (Å²) in [7, 11) is 0. The van der Waals surface area contributed by atoms with E-state index in [0.29, 0.717) is 27.7 Å². The summed E-state index contributed by atoms with van der Waals surface area (Å²) >= 11 is 2.85. The van der Waals surface area contributed by atoms with Gasteiger partial charge in [0.15, 0.2) is 5.16 Å². The summed E-state index contributed by atoms with van der Waals surface area (Å²) in [4.78, 5) is 33.0. The van der Waals surface area contributed by atoms with Crippen molar-refractivity contribution in [3.05, 3.63) is 46.8 Å². The second-order valence-corrected chi connectivity index (χ2v) is 8.51. The minimum absolute atomic E-state index is 0.0224. The van der Waals surface area contributed by atoms with Gasteiger partial charge in [-0.25, -0.2) is 4.98 Å². The number of benzene rings is 1. The normalized spacial score (nSPS) is 14.2. The monoisotopic (exact) mass is 399 g/mol. The highest BCUT2D eigenvalue weighted by molar-refractivity contribution is 7.99. The highest BCUT2D eigenvalue weighted by atomic mass is 32.2. The van der Waals surface area contributed by atoms with Crippen molar-refractivity contribution in [3.8, 4) is 10.4 Å². The molecule has 2 aromatic heterocycles. The SMILES string of the molecule is CCn1c(SCC(=O)N2CCCC2)nc2cc(-c3ccccc3)sc2c1=O. The van der Waals surface area contributed by atoms with E-state index in [1.807, 2.05) is 48.2 Å². The minimum Gasteiger partial charge on any atom is -0.342 e. The van der Waals surface area contributed by atoms with Gasteiger partial charge in [0, 0.05) is 24.5 Å². The number of carbonyl (C=O) groups is 1. The quantitative estimate of drug-likeness (QED) is 0.483. The van der Waals surface area contributed by atoms with E-state index >= 15 is 0 Å². The molecule has 0 unspecified atom stereocenters. The van der Waals surface area contributed by atoms with Gasteiger partial charge in [0.1, 0.15) is 4.70 Å². The standard InChI is InChI=1S/C20H21N3O2S2/c1-2-23-19(25)18-15(12-16(27-18)14-8-4-3-5-9-14)21-20(23)26-13-17(24)22-10-6-7-11-22/h3-5,8-9,12H,2,6-7,10-11,13H2,1H3. The Bertz CT molecular complexity index is 1020. The molecule has 7 heteroatoms. The molecule has 0 bridgehead atoms. The van der Waals surface area contributed by atoms with E-state index in [1.54, 1.807) is 4.57 Å². The van der Waals surface area contributed by atoms with Gasteiger partial charge in [-0.15, -0.1) is 11.3 Å². The maximum absolute atomic E-state index is 13.0. The molecule has 27 heavy (non-hydrogen) atoms. The third kappa shape index (κ3) is 3.66. The van der Waals surface area contributed by atoms with E-state index in [4.69, 9.17) is 4.98 Å². The average Bonchev–Trinajstić information content (AvgIpc) is 3.37. The van der Waals surface area contributed by atoms with Crippen molar-refractivity contribution in [2.75, 3.05) is 18.8 Å². The molecule has 1 aliphatic heterocycles. The molecule has 0 spiro atoms. The highest BCUT2D eigenvalue weighted by Gasteiger charge is 2.20. The Balaban J connectivity index is 1.66. The molecular weight excluding hydrogens is 378 g/mol. The lowest BCUT2D eigenvalue weighted by Gasteiger charge is -2.15. The van der Waals surface area contributed by atoms with Gasteiger partial charge in [0.25, 0.3) is 5.56 Å². The van der Waals surface area contributed by atoms with Crippen molar-refractivity contribution in [2.45, 2.75) is 31.5 Å². The Hall–Kier alpha value is -2.12. The van der Waals surface area contributed by atoms with Crippen LogP contribution in [0.15, 0.2) is 46.3 Å². The molecule has 140 valence electrons. The third-order valence-electron chi connectivity index (χ3n) is 4.76. The second-order valence-electron chi connectivity index (χ2n) is 6.51. The van der Waals surface area contributed by atoms with Crippen LogP contribution in [-0.4, -0.2) is 39.2 Å². The van der Waals surface area contributed by atoms with Gasteiger partial charge in [-0.1, -0.05) is 42.1 Å². The second kappa shape index (κ2) is 7.86. The lowest BCUT2D eigenvalue weighted by atomic mass is 10.2. The molecule has 0 aliphatic carbocycles. The fourth-order valence-electron chi connectivity index (χ4n) is 3.31. The predicted octanol–water partition coefficient (Wildman–Crippen LogP) is 3.86. The summed E-state index contributed by atoms with van der Waals surface area (Å²) in [5.74, 6) is 0.456. The van der Waals surface area contributed by atoms with E-state index < -0.39 is 0 Å². The number of amides is 1. The summed E-state index contributed by atoms with van der Waals surface area (Å²) in [6.07, 6.45) is 2.16. The number of thioether (sulfide) groups is 1. The van der Waals surface area contributed by atoms with Crippen LogP contribution in [0.25, 0.3) is 20.7 Å². The number of thiophene rings is 1. The fraction of sp³-hybridized carbons (Fsp3) is 0.350. The van der Waals surface area contributed by atoms with Crippen LogP contribution in [0.1, 0.15) is 19.8 Å². The molecule has 0 atom stereocenters. The Morgan fingerprint density at radius 1 is 1.22 bits per heavy atom. The first-order valence-corrected chi connectivity index (χ1v) is 11.0. The molecule has 5 nitrogen and oxygen atoms in total. The zero-order chi connectivity index (χ0) is 18.8. The third-order valence-corrected chi connectivity index (χ3v) is 6.88. The van der Waals surface area contributed by atoms with E-state index in [-0.39, 0.29) is 11.5 Å². The number of hydrogen-bond donors (Lipinski definition) is 0. The summed E-state index contributed by atoms with van der Waals surface area (Å²) in [5, 5.41) is 0.625. The molecule has 0 saturated carbocycles. The smallest absolute Gasteiger partial charge is 0.272 e. The van der Waals surface area contributed by atoms with Crippen LogP contribution in [0, 0.1) is 0 Å². The van der Waals surface area contributed by atoms with E-state index in [2.05, 4.69) is 0 Å². The predicted molar refractivity (Wildman–Crippen MR) is 112 cm³/mol. The zero-order valence-corrected chi connectivity index (χ0v) is 16.8. The maximum Gasteiger partial charge on any atom is 0.272 e. The number of hydrogen-bond acceptors (Lipinski definition) is 5. The number of likely N-dealkylation sites (tertiary alicyclic amines) is 1. The summed E-state index contributed by atoms with van der Waals surface area (Å²) in [6.45, 7) is 4.17. The van der Waals surface area contributed by atoms with Crippen LogP contribution in [0.5, 0.6) is 0 Å². The van der Waals surface area contributed by atoms with E-state index in [9.17, 15) is 9.59 Å². The van der Waals surface area contributed by atoms with Gasteiger partial charge in [-0.05, 0) is 31.4 Å². The largest absolute Gasteiger partial charge is 0.342 e. The molecular formula is C20H21N3O2S2. The lowest BCUT2D eigenvalue weighted by Crippen LogP contribution is -2.29. The molecule has 3 aromatic rings. The highest BCUT2D eigenvalue weighted by Crippen LogP contribution is 2.32. The van der Waals surface area contributed by atoms with Gasteiger partial charge in [-0.2, -0.15) is 0 Å². The minimum atomic E-state index is -0.0224. The van der Waals surface area contributed by atoms with Gasteiger partial charge in [0.2, 0.25) is 5.91 Å². The molecule has 1 aromatic carbocycles. The molecule has 1 amide bonds. The van der Waals surface area contributed by atoms with E-state index in [0.717, 1.165) is 36.4 Å². The molecule has 1 aliphatic rings. The van der Waals surface area contributed by atoms with Crippen molar-refractivity contribution in [1.29, 1.82) is 0 Å². The van der Waals surface area contributed by atoms with Gasteiger partial charge in [-0.3, -0.25) is 14.2 Å². The molecule has 3 heterocycles. The summed E-state index contributed by atoms with van der Waals surface area (Å²) < 4.78 is 2.35. The van der Waals surface area contributed by atoms with Crippen molar-refractivity contribution in [2.24, 2.45) is 0 Å². The van der Waals surface area contributed by atoms with Crippen molar-refractivity contribution in [3.63, 3.8) is 0 Å². The van der Waals surface area contributed by atoms with Crippen LogP contribution < -0.4 is 5.56 Å². The van der Waals surface area contributed by atoms with Crippen LogP contribution in [0.3, 0.4) is 0 Å². The molecule has 0 radical (unpaired) electrons. The van der Waals surface area contributed by atoms with Gasteiger partial charge >= 0.3 is 0 Å². The number of rotatable bonds is 5. The van der Waals surface area contributed by atoms with Crippen LogP contribution in [0.4, 0.5) is 0 Å². The van der Waals surface area contributed by atoms with Crippen molar-refractivity contribution in [1.82, 2.24) is 14.5 Å². The van der Waals surface area contributed by atoms with Crippen molar-refractivity contribution < 1.29 is 4.79 Å². The number of carbonyl (C=O) groups excluding carboxylic acids is 1.